The zero-order chi connectivity index (χ0) is 16.8. The molecule has 1 aliphatic carbocycles. The molecule has 0 radical (unpaired) electrons. The highest BCUT2D eigenvalue weighted by atomic mass is 16.3. The minimum atomic E-state index is -0.393. The first-order valence-electron chi connectivity index (χ1n) is 8.10. The van der Waals surface area contributed by atoms with Gasteiger partial charge in [-0.15, -0.1) is 12.8 Å². The predicted molar refractivity (Wildman–Crippen MR) is 90.6 cm³/mol. The topological polar surface area (TPSA) is 40.5 Å². The van der Waals surface area contributed by atoms with Crippen molar-refractivity contribution in [3.63, 3.8) is 0 Å². The van der Waals surface area contributed by atoms with Gasteiger partial charge in [0.05, 0.1) is 12.2 Å². The molecule has 0 aromatic heterocycles. The van der Waals surface area contributed by atoms with Gasteiger partial charge in [-0.25, -0.2) is 0 Å². The quantitative estimate of drug-likeness (QED) is 0.726. The molecule has 1 aliphatic rings. The number of terminal acetylenes is 1. The molecule has 0 amide bonds. The van der Waals surface area contributed by atoms with E-state index < -0.39 is 12.2 Å². The van der Waals surface area contributed by atoms with Crippen LogP contribution in [0.3, 0.4) is 0 Å². The molecule has 0 bridgehead atoms. The van der Waals surface area contributed by atoms with Crippen molar-refractivity contribution in [2.45, 2.75) is 92.8 Å². The van der Waals surface area contributed by atoms with Gasteiger partial charge in [-0.2, -0.15) is 0 Å². The third-order valence-corrected chi connectivity index (χ3v) is 3.73. The highest BCUT2D eigenvalue weighted by molar-refractivity contribution is 4.92. The molecule has 0 aromatic carbocycles. The number of aliphatic hydroxyl groups is 2. The molecule has 0 aliphatic heterocycles. The van der Waals surface area contributed by atoms with E-state index in [1.165, 1.54) is 12.8 Å². The summed E-state index contributed by atoms with van der Waals surface area (Å²) in [6, 6.07) is 0. The van der Waals surface area contributed by atoms with E-state index >= 15 is 0 Å². The van der Waals surface area contributed by atoms with Crippen LogP contribution in [0.25, 0.3) is 0 Å². The molecular weight excluding hydrogens is 248 g/mol. The summed E-state index contributed by atoms with van der Waals surface area (Å²) in [5.41, 5.74) is -0.238. The zero-order valence-electron chi connectivity index (χ0n) is 14.8. The van der Waals surface area contributed by atoms with Gasteiger partial charge in [-0.05, 0) is 32.6 Å². The molecule has 2 unspecified atom stereocenters. The third-order valence-electron chi connectivity index (χ3n) is 3.73. The molecular formula is C18H38O2. The Labute approximate surface area is 128 Å². The van der Waals surface area contributed by atoms with E-state index in [2.05, 4.69) is 33.6 Å². The maximum atomic E-state index is 9.76. The Hall–Kier alpha value is -0.520. The van der Waals surface area contributed by atoms with E-state index in [0.717, 1.165) is 19.3 Å². The number of hydrogen-bond acceptors (Lipinski definition) is 2. The van der Waals surface area contributed by atoms with E-state index in [-0.39, 0.29) is 5.41 Å². The van der Waals surface area contributed by atoms with Crippen molar-refractivity contribution in [3.05, 3.63) is 0 Å². The Morgan fingerprint density at radius 2 is 1.45 bits per heavy atom. The molecule has 2 nitrogen and oxygen atoms in total. The molecule has 2 N–H and O–H groups in total. The number of rotatable bonds is 2. The lowest BCUT2D eigenvalue weighted by Gasteiger charge is -2.44. The average Bonchev–Trinajstić information content (AvgIpc) is 2.43. The summed E-state index contributed by atoms with van der Waals surface area (Å²) in [6.07, 6.45) is 12.8. The number of hydrogen-bond donors (Lipinski definition) is 2. The standard InChI is InChI=1S/C11H22O2.C3H8.C2H6.C2H2/c1-8-5-4-6-11(7-8,9(2)12)10(3)13;1-3-2;2*1-2/h8-10,12-13H,4-7H2,1-3H3;3H2,1-2H3;1-2H3;1-2H/t8-,9?,10?,11?;;;/m1.../s1. The first kappa shape index (κ1) is 24.5. The maximum Gasteiger partial charge on any atom is 0.0593 e. The van der Waals surface area contributed by atoms with Crippen molar-refractivity contribution in [2.75, 3.05) is 0 Å². The van der Waals surface area contributed by atoms with Crippen molar-refractivity contribution >= 4 is 0 Å². The summed E-state index contributed by atoms with van der Waals surface area (Å²) in [4.78, 5) is 0. The lowest BCUT2D eigenvalue weighted by atomic mass is 9.64. The largest absolute Gasteiger partial charge is 0.393 e. The highest BCUT2D eigenvalue weighted by Crippen LogP contribution is 2.44. The van der Waals surface area contributed by atoms with Crippen LogP contribution in [0.4, 0.5) is 0 Å². The molecule has 1 rings (SSSR count). The SMILES string of the molecule is C#C.CC.CC(O)C1(C(C)O)CCC[C@@H](C)C1.CCC. The number of aliphatic hydroxyl groups excluding tert-OH is 2. The fourth-order valence-corrected chi connectivity index (χ4v) is 2.74. The van der Waals surface area contributed by atoms with Gasteiger partial charge in [0.15, 0.2) is 0 Å². The first-order valence-corrected chi connectivity index (χ1v) is 8.10. The lowest BCUT2D eigenvalue weighted by molar-refractivity contribution is -0.0867. The Morgan fingerprint density at radius 1 is 1.10 bits per heavy atom. The second-order valence-electron chi connectivity index (χ2n) is 5.49. The van der Waals surface area contributed by atoms with Crippen molar-refractivity contribution in [1.29, 1.82) is 0 Å². The van der Waals surface area contributed by atoms with Crippen molar-refractivity contribution in [1.82, 2.24) is 0 Å². The van der Waals surface area contributed by atoms with E-state index in [0.29, 0.717) is 5.92 Å². The third kappa shape index (κ3) is 8.61. The van der Waals surface area contributed by atoms with Gasteiger partial charge in [0.2, 0.25) is 0 Å². The van der Waals surface area contributed by atoms with Crippen LogP contribution in [0.2, 0.25) is 0 Å². The van der Waals surface area contributed by atoms with Crippen molar-refractivity contribution < 1.29 is 10.2 Å². The minimum absolute atomic E-state index is 0.238. The summed E-state index contributed by atoms with van der Waals surface area (Å²) in [5, 5.41) is 19.5. The predicted octanol–water partition coefficient (Wildman–Crippen LogP) is 4.64. The molecule has 0 aromatic rings. The second kappa shape index (κ2) is 14.9. The Kier molecular flexibility index (Phi) is 18.2. The summed E-state index contributed by atoms with van der Waals surface area (Å²) < 4.78 is 0. The maximum absolute atomic E-state index is 9.76. The fraction of sp³-hybridized carbons (Fsp3) is 0.889. The summed E-state index contributed by atoms with van der Waals surface area (Å²) in [7, 11) is 0. The molecule has 1 saturated carbocycles. The van der Waals surface area contributed by atoms with E-state index in [9.17, 15) is 10.2 Å². The molecule has 0 spiro atoms. The average molecular weight is 286 g/mol. The molecule has 0 heterocycles. The van der Waals surface area contributed by atoms with Gasteiger partial charge in [0.25, 0.3) is 0 Å². The molecule has 0 saturated heterocycles. The molecule has 2 heteroatoms. The van der Waals surface area contributed by atoms with Crippen molar-refractivity contribution in [3.8, 4) is 12.8 Å². The van der Waals surface area contributed by atoms with E-state index in [1.54, 1.807) is 0 Å². The molecule has 122 valence electrons. The fourth-order valence-electron chi connectivity index (χ4n) is 2.74. The molecule has 1 fully saturated rings. The first-order chi connectivity index (χ1) is 9.40. The smallest absolute Gasteiger partial charge is 0.0593 e. The van der Waals surface area contributed by atoms with Gasteiger partial charge in [0.1, 0.15) is 0 Å². The lowest BCUT2D eigenvalue weighted by Crippen LogP contribution is -2.45. The Bertz CT molecular complexity index is 199. The van der Waals surface area contributed by atoms with Gasteiger partial charge >= 0.3 is 0 Å². The molecule has 20 heavy (non-hydrogen) atoms. The minimum Gasteiger partial charge on any atom is -0.393 e. The van der Waals surface area contributed by atoms with Gasteiger partial charge in [-0.1, -0.05) is 53.9 Å². The van der Waals surface area contributed by atoms with Gasteiger partial charge < -0.3 is 10.2 Å². The second-order valence-corrected chi connectivity index (χ2v) is 5.49. The van der Waals surface area contributed by atoms with E-state index in [4.69, 9.17) is 0 Å². The summed E-state index contributed by atoms with van der Waals surface area (Å²) in [5.74, 6) is 0.637. The summed E-state index contributed by atoms with van der Waals surface area (Å²) >= 11 is 0. The van der Waals surface area contributed by atoms with Gasteiger partial charge in [0, 0.05) is 5.41 Å². The highest BCUT2D eigenvalue weighted by Gasteiger charge is 2.42. The Morgan fingerprint density at radius 3 is 1.65 bits per heavy atom. The molecule has 3 atom stereocenters. The monoisotopic (exact) mass is 286 g/mol. The van der Waals surface area contributed by atoms with Crippen LogP contribution in [0.1, 0.15) is 80.6 Å². The zero-order valence-corrected chi connectivity index (χ0v) is 14.8. The van der Waals surface area contributed by atoms with Crippen LogP contribution in [-0.2, 0) is 0 Å². The van der Waals surface area contributed by atoms with Crippen molar-refractivity contribution in [2.24, 2.45) is 11.3 Å². The normalized spacial score (nSPS) is 27.2. The van der Waals surface area contributed by atoms with Crippen LogP contribution in [-0.4, -0.2) is 22.4 Å². The van der Waals surface area contributed by atoms with Crippen LogP contribution < -0.4 is 0 Å². The summed E-state index contributed by atoms with van der Waals surface area (Å²) in [6.45, 7) is 14.1. The van der Waals surface area contributed by atoms with E-state index in [1.807, 2.05) is 27.7 Å². The van der Waals surface area contributed by atoms with Crippen LogP contribution in [0.15, 0.2) is 0 Å². The van der Waals surface area contributed by atoms with Crippen LogP contribution in [0.5, 0.6) is 0 Å². The Balaban J connectivity index is -0.000000355. The van der Waals surface area contributed by atoms with Crippen LogP contribution in [0, 0.1) is 24.2 Å². The van der Waals surface area contributed by atoms with Gasteiger partial charge in [-0.3, -0.25) is 0 Å². The van der Waals surface area contributed by atoms with Crippen LogP contribution >= 0.6 is 0 Å².